The zero-order valence-electron chi connectivity index (χ0n) is 10.5. The number of nitrogens with two attached hydrogens (primary N) is 1. The summed E-state index contributed by atoms with van der Waals surface area (Å²) in [5, 5.41) is 2.30. The number of rotatable bonds is 3. The fraction of sp³-hybridized carbons (Fsp3) is 0.500. The predicted octanol–water partition coefficient (Wildman–Crippen LogP) is -0.0653. The topological polar surface area (TPSA) is 88.6 Å². The molecule has 98 valence electrons. The van der Waals surface area contributed by atoms with E-state index in [1.807, 2.05) is 19.1 Å². The van der Waals surface area contributed by atoms with Gasteiger partial charge in [-0.25, -0.2) is 0 Å². The molecule has 1 aromatic heterocycles. The Balaban J connectivity index is 2.26. The van der Waals surface area contributed by atoms with Crippen LogP contribution in [0.3, 0.4) is 0 Å². The molecule has 1 aliphatic heterocycles. The highest BCUT2D eigenvalue weighted by atomic mass is 16.3. The average Bonchev–Trinajstić information content (AvgIpc) is 2.73. The van der Waals surface area contributed by atoms with E-state index in [0.717, 1.165) is 5.76 Å². The van der Waals surface area contributed by atoms with Crippen LogP contribution in [-0.2, 0) is 9.59 Å². The van der Waals surface area contributed by atoms with Crippen molar-refractivity contribution >= 4 is 11.8 Å². The number of aryl methyl sites for hydroxylation is 1. The number of nitrogens with one attached hydrogen (secondary N) is 1. The Hall–Kier alpha value is -1.66. The third kappa shape index (κ3) is 2.30. The molecule has 2 atom stereocenters. The van der Waals surface area contributed by atoms with Crippen molar-refractivity contribution in [2.75, 3.05) is 13.1 Å². The number of carbonyl (C=O) groups is 2. The summed E-state index contributed by atoms with van der Waals surface area (Å²) in [5.74, 6) is 0.862. The standard InChI is InChI=1S/C12H17N3O3/c1-7-3-4-10(18-7)9(5-13)15-6-11(16)14-12(17)8(15)2/h3-4,8-9H,5-6,13H2,1-2H3,(H,14,16,17). The number of hydrogen-bond acceptors (Lipinski definition) is 5. The number of hydrogen-bond donors (Lipinski definition) is 2. The summed E-state index contributed by atoms with van der Waals surface area (Å²) in [6, 6.07) is 3.01. The first kappa shape index (κ1) is 12.8. The van der Waals surface area contributed by atoms with Gasteiger partial charge >= 0.3 is 0 Å². The first-order chi connectivity index (χ1) is 8.52. The maximum Gasteiger partial charge on any atom is 0.243 e. The Morgan fingerprint density at radius 2 is 2.28 bits per heavy atom. The van der Waals surface area contributed by atoms with Gasteiger partial charge < -0.3 is 10.2 Å². The van der Waals surface area contributed by atoms with Crippen molar-refractivity contribution in [1.29, 1.82) is 0 Å². The number of carbonyl (C=O) groups excluding carboxylic acids is 2. The van der Waals surface area contributed by atoms with E-state index in [4.69, 9.17) is 10.2 Å². The zero-order valence-corrected chi connectivity index (χ0v) is 10.5. The molecular formula is C12H17N3O3. The van der Waals surface area contributed by atoms with Crippen molar-refractivity contribution in [3.05, 3.63) is 23.7 Å². The van der Waals surface area contributed by atoms with Crippen LogP contribution >= 0.6 is 0 Å². The van der Waals surface area contributed by atoms with Crippen molar-refractivity contribution in [3.63, 3.8) is 0 Å². The molecule has 0 aromatic carbocycles. The molecule has 2 rings (SSSR count). The summed E-state index contributed by atoms with van der Waals surface area (Å²) in [5.41, 5.74) is 5.75. The Kier molecular flexibility index (Phi) is 3.49. The predicted molar refractivity (Wildman–Crippen MR) is 64.6 cm³/mol. The fourth-order valence-electron chi connectivity index (χ4n) is 2.16. The normalized spacial score (nSPS) is 22.9. The monoisotopic (exact) mass is 251 g/mol. The summed E-state index contributed by atoms with van der Waals surface area (Å²) in [6.07, 6.45) is 0. The highest BCUT2D eigenvalue weighted by molar-refractivity contribution is 6.00. The molecule has 0 bridgehead atoms. The number of furan rings is 1. The van der Waals surface area contributed by atoms with Gasteiger partial charge in [-0.3, -0.25) is 19.8 Å². The molecule has 1 aliphatic rings. The Morgan fingerprint density at radius 1 is 1.56 bits per heavy atom. The SMILES string of the molecule is Cc1ccc(C(CN)N2CC(=O)NC(=O)C2C)o1. The van der Waals surface area contributed by atoms with Gasteiger partial charge in [0.15, 0.2) is 0 Å². The molecule has 0 radical (unpaired) electrons. The second-order valence-corrected chi connectivity index (χ2v) is 4.46. The molecule has 6 nitrogen and oxygen atoms in total. The molecule has 0 saturated carbocycles. The lowest BCUT2D eigenvalue weighted by atomic mass is 10.1. The van der Waals surface area contributed by atoms with Gasteiger partial charge in [-0.15, -0.1) is 0 Å². The van der Waals surface area contributed by atoms with E-state index in [1.165, 1.54) is 0 Å². The van der Waals surface area contributed by atoms with E-state index in [0.29, 0.717) is 5.76 Å². The molecule has 2 amide bonds. The lowest BCUT2D eigenvalue weighted by molar-refractivity contribution is -0.141. The van der Waals surface area contributed by atoms with Crippen LogP contribution in [0.15, 0.2) is 16.5 Å². The van der Waals surface area contributed by atoms with Crippen molar-refractivity contribution in [2.24, 2.45) is 5.73 Å². The maximum absolute atomic E-state index is 11.6. The van der Waals surface area contributed by atoms with E-state index < -0.39 is 6.04 Å². The van der Waals surface area contributed by atoms with Crippen LogP contribution in [0.5, 0.6) is 0 Å². The van der Waals surface area contributed by atoms with E-state index >= 15 is 0 Å². The molecule has 1 saturated heterocycles. The first-order valence-corrected chi connectivity index (χ1v) is 5.88. The van der Waals surface area contributed by atoms with E-state index in [2.05, 4.69) is 5.32 Å². The summed E-state index contributed by atoms with van der Waals surface area (Å²) in [7, 11) is 0. The molecule has 0 spiro atoms. The molecule has 2 unspecified atom stereocenters. The zero-order chi connectivity index (χ0) is 13.3. The van der Waals surface area contributed by atoms with Gasteiger partial charge in [0.2, 0.25) is 11.8 Å². The van der Waals surface area contributed by atoms with Gasteiger partial charge in [0.25, 0.3) is 0 Å². The van der Waals surface area contributed by atoms with Gasteiger partial charge in [-0.2, -0.15) is 0 Å². The molecular weight excluding hydrogens is 234 g/mol. The van der Waals surface area contributed by atoms with Crippen molar-refractivity contribution in [3.8, 4) is 0 Å². The van der Waals surface area contributed by atoms with Crippen LogP contribution in [0, 0.1) is 6.92 Å². The van der Waals surface area contributed by atoms with Crippen molar-refractivity contribution in [1.82, 2.24) is 10.2 Å². The Bertz CT molecular complexity index is 469. The Labute approximate surface area is 105 Å². The highest BCUT2D eigenvalue weighted by Gasteiger charge is 2.36. The second kappa shape index (κ2) is 4.91. The van der Waals surface area contributed by atoms with Crippen LogP contribution in [0.25, 0.3) is 0 Å². The van der Waals surface area contributed by atoms with Gasteiger partial charge in [0, 0.05) is 6.54 Å². The smallest absolute Gasteiger partial charge is 0.243 e. The quantitative estimate of drug-likeness (QED) is 0.734. The molecule has 6 heteroatoms. The molecule has 0 aliphatic carbocycles. The van der Waals surface area contributed by atoms with E-state index in [9.17, 15) is 9.59 Å². The van der Waals surface area contributed by atoms with Crippen LogP contribution in [0.2, 0.25) is 0 Å². The summed E-state index contributed by atoms with van der Waals surface area (Å²) in [6.45, 7) is 4.03. The van der Waals surface area contributed by atoms with Crippen LogP contribution in [0.1, 0.15) is 24.5 Å². The van der Waals surface area contributed by atoms with E-state index in [1.54, 1.807) is 11.8 Å². The lowest BCUT2D eigenvalue weighted by Gasteiger charge is -2.36. The van der Waals surface area contributed by atoms with Gasteiger partial charge in [0.05, 0.1) is 18.6 Å². The van der Waals surface area contributed by atoms with Crippen LogP contribution in [-0.4, -0.2) is 35.8 Å². The van der Waals surface area contributed by atoms with Gasteiger partial charge in [-0.05, 0) is 26.0 Å². The summed E-state index contributed by atoms with van der Waals surface area (Å²) < 4.78 is 5.54. The molecule has 2 heterocycles. The first-order valence-electron chi connectivity index (χ1n) is 5.88. The number of imide groups is 1. The minimum atomic E-state index is -0.401. The van der Waals surface area contributed by atoms with Gasteiger partial charge in [-0.1, -0.05) is 0 Å². The van der Waals surface area contributed by atoms with E-state index in [-0.39, 0.29) is 30.9 Å². The molecule has 1 fully saturated rings. The third-order valence-electron chi connectivity index (χ3n) is 3.18. The number of nitrogens with zero attached hydrogens (tertiary/aromatic N) is 1. The minimum Gasteiger partial charge on any atom is -0.465 e. The summed E-state index contributed by atoms with van der Waals surface area (Å²) >= 11 is 0. The largest absolute Gasteiger partial charge is 0.465 e. The Morgan fingerprint density at radius 3 is 2.83 bits per heavy atom. The molecule has 1 aromatic rings. The fourth-order valence-corrected chi connectivity index (χ4v) is 2.16. The van der Waals surface area contributed by atoms with Crippen molar-refractivity contribution < 1.29 is 14.0 Å². The highest BCUT2D eigenvalue weighted by Crippen LogP contribution is 2.25. The maximum atomic E-state index is 11.6. The minimum absolute atomic E-state index is 0.147. The number of amides is 2. The molecule has 18 heavy (non-hydrogen) atoms. The summed E-state index contributed by atoms with van der Waals surface area (Å²) in [4.78, 5) is 24.8. The van der Waals surface area contributed by atoms with Crippen LogP contribution in [0.4, 0.5) is 0 Å². The van der Waals surface area contributed by atoms with Gasteiger partial charge in [0.1, 0.15) is 11.5 Å². The third-order valence-corrected chi connectivity index (χ3v) is 3.18. The van der Waals surface area contributed by atoms with Crippen LogP contribution < -0.4 is 11.1 Å². The average molecular weight is 251 g/mol. The van der Waals surface area contributed by atoms with Crippen molar-refractivity contribution in [2.45, 2.75) is 25.9 Å². The molecule has 3 N–H and O–H groups in total. The number of piperazine rings is 1. The lowest BCUT2D eigenvalue weighted by Crippen LogP contribution is -2.58. The second-order valence-electron chi connectivity index (χ2n) is 4.46.